The van der Waals surface area contributed by atoms with Gasteiger partial charge in [-0.3, -0.25) is 4.79 Å². The van der Waals surface area contributed by atoms with Crippen LogP contribution in [0.2, 0.25) is 5.02 Å². The summed E-state index contributed by atoms with van der Waals surface area (Å²) < 4.78 is 36.5. The summed E-state index contributed by atoms with van der Waals surface area (Å²) in [6, 6.07) is 42.5. The Bertz CT molecular complexity index is 2400. The van der Waals surface area contributed by atoms with Crippen molar-refractivity contribution >= 4 is 50.3 Å². The molecule has 6 aromatic carbocycles. The molecule has 52 heavy (non-hydrogen) atoms. The fourth-order valence-electron chi connectivity index (χ4n) is 7.85. The van der Waals surface area contributed by atoms with E-state index in [1.807, 2.05) is 12.1 Å². The molecule has 3 heterocycles. The van der Waals surface area contributed by atoms with Crippen LogP contribution in [0.3, 0.4) is 0 Å². The van der Waals surface area contributed by atoms with Crippen LogP contribution in [0.25, 0.3) is 0 Å². The number of amides is 1. The Morgan fingerprint density at radius 3 is 1.77 bits per heavy atom. The minimum absolute atomic E-state index is 0.0544. The molecule has 0 fully saturated rings. The second kappa shape index (κ2) is 12.6. The van der Waals surface area contributed by atoms with Crippen molar-refractivity contribution in [2.45, 2.75) is 23.7 Å². The number of hydrogen-bond acceptors (Lipinski definition) is 6. The molecule has 0 spiro atoms. The molecular weight excluding hydrogens is 690 g/mol. The van der Waals surface area contributed by atoms with Crippen molar-refractivity contribution in [3.05, 3.63) is 172 Å². The van der Waals surface area contributed by atoms with Gasteiger partial charge in [0, 0.05) is 82.7 Å². The van der Waals surface area contributed by atoms with Crippen LogP contribution >= 0.6 is 11.6 Å². The number of rotatable bonds is 6. The summed E-state index contributed by atoms with van der Waals surface area (Å²) in [5, 5.41) is 0.457. The second-order valence-electron chi connectivity index (χ2n) is 13.4. The van der Waals surface area contributed by atoms with E-state index in [9.17, 15) is 13.2 Å². The summed E-state index contributed by atoms with van der Waals surface area (Å²) in [5.41, 5.74) is 9.44. The Balaban J connectivity index is 1.17. The van der Waals surface area contributed by atoms with E-state index in [1.165, 1.54) is 41.7 Å². The van der Waals surface area contributed by atoms with E-state index in [0.29, 0.717) is 22.1 Å². The molecule has 0 saturated heterocycles. The molecule has 0 aliphatic carbocycles. The number of carbonyl (C=O) groups excluding carboxylic acids is 1. The highest BCUT2D eigenvalue weighted by atomic mass is 35.5. The van der Waals surface area contributed by atoms with Gasteiger partial charge in [-0.1, -0.05) is 78.3 Å². The van der Waals surface area contributed by atoms with Gasteiger partial charge in [-0.2, -0.15) is 0 Å². The largest absolute Gasteiger partial charge is 0.457 e. The minimum Gasteiger partial charge on any atom is -0.457 e. The highest BCUT2D eigenvalue weighted by Gasteiger charge is 2.37. The van der Waals surface area contributed by atoms with Crippen LogP contribution in [0.5, 0.6) is 11.5 Å². The monoisotopic (exact) mass is 723 g/mol. The van der Waals surface area contributed by atoms with Gasteiger partial charge in [-0.25, -0.2) is 12.7 Å². The van der Waals surface area contributed by atoms with Crippen LogP contribution in [0.1, 0.15) is 44.1 Å². The third-order valence-electron chi connectivity index (χ3n) is 10.5. The summed E-state index contributed by atoms with van der Waals surface area (Å²) in [7, 11) is -3.00. The lowest BCUT2D eigenvalue weighted by Gasteiger charge is -2.32. The zero-order chi connectivity index (χ0) is 35.6. The molecule has 0 atom stereocenters. The van der Waals surface area contributed by atoms with Crippen LogP contribution in [0, 0.1) is 0 Å². The number of hydrogen-bond donors (Lipinski definition) is 0. The number of sulfonamides is 1. The number of anilines is 4. The van der Waals surface area contributed by atoms with Crippen molar-refractivity contribution in [3.8, 4) is 11.5 Å². The van der Waals surface area contributed by atoms with Crippen LogP contribution < -0.4 is 14.5 Å². The van der Waals surface area contributed by atoms with Gasteiger partial charge in [0.15, 0.2) is 0 Å². The van der Waals surface area contributed by atoms with Gasteiger partial charge in [0.2, 0.25) is 0 Å². The predicted octanol–water partition coefficient (Wildman–Crippen LogP) is 9.48. The molecule has 258 valence electrons. The second-order valence-corrected chi connectivity index (χ2v) is 15.7. The SMILES string of the molecule is CN(C(=O)c1ccc(Cl)cc1)S(=O)(=O)c1ccccc1C1c2ccc(N3CCc4ccccc43)cc2Oc2cc(N3CCc4ccccc43)ccc21. The number of para-hydroxylation sites is 2. The van der Waals surface area contributed by atoms with E-state index in [-0.39, 0.29) is 10.5 Å². The average molecular weight is 724 g/mol. The molecule has 1 amide bonds. The zero-order valence-electron chi connectivity index (χ0n) is 28.4. The van der Waals surface area contributed by atoms with Gasteiger partial charge >= 0.3 is 0 Å². The first-order chi connectivity index (χ1) is 25.3. The van der Waals surface area contributed by atoms with E-state index >= 15 is 0 Å². The van der Waals surface area contributed by atoms with Gasteiger partial charge in [-0.05, 0) is 84.1 Å². The van der Waals surface area contributed by atoms with E-state index in [4.69, 9.17) is 16.3 Å². The van der Waals surface area contributed by atoms with Gasteiger partial charge < -0.3 is 14.5 Å². The van der Waals surface area contributed by atoms with Crippen molar-refractivity contribution in [1.29, 1.82) is 0 Å². The Morgan fingerprint density at radius 1 is 0.673 bits per heavy atom. The summed E-state index contributed by atoms with van der Waals surface area (Å²) in [4.78, 5) is 18.2. The number of halogens is 1. The molecule has 3 aliphatic heterocycles. The predicted molar refractivity (Wildman–Crippen MR) is 205 cm³/mol. The standard InChI is InChI=1S/C43H34ClN3O4S/c1-45(43(48)30-14-16-31(44)17-15-30)52(49,50)41-13-7-4-10-36(41)42-34-20-18-32(46-24-22-28-8-2-5-11-37(28)46)26-39(34)51-40-27-33(19-21-35(40)42)47-25-23-29-9-3-6-12-38(29)47/h2-21,26-27,42H,22-25H2,1H3. The van der Waals surface area contributed by atoms with Crippen molar-refractivity contribution in [2.24, 2.45) is 0 Å². The molecule has 0 unspecified atom stereocenters. The molecule has 6 aromatic rings. The molecule has 0 saturated carbocycles. The number of nitrogens with zero attached hydrogens (tertiary/aromatic N) is 3. The Kier molecular flexibility index (Phi) is 7.83. The lowest BCUT2D eigenvalue weighted by atomic mass is 9.82. The molecule has 0 radical (unpaired) electrons. The first-order valence-electron chi connectivity index (χ1n) is 17.3. The van der Waals surface area contributed by atoms with Crippen LogP contribution in [0.15, 0.2) is 138 Å². The maximum Gasteiger partial charge on any atom is 0.267 e. The van der Waals surface area contributed by atoms with Gasteiger partial charge in [0.05, 0.1) is 4.90 Å². The molecule has 7 nitrogen and oxygen atoms in total. The summed E-state index contributed by atoms with van der Waals surface area (Å²) in [5.74, 6) is 0.182. The van der Waals surface area contributed by atoms with E-state index in [1.54, 1.807) is 24.3 Å². The number of fused-ring (bicyclic) bond motifs is 4. The van der Waals surface area contributed by atoms with Gasteiger partial charge in [0.25, 0.3) is 15.9 Å². The highest BCUT2D eigenvalue weighted by molar-refractivity contribution is 7.89. The summed E-state index contributed by atoms with van der Waals surface area (Å²) in [6.45, 7) is 1.71. The fraction of sp³-hybridized carbons (Fsp3) is 0.140. The van der Waals surface area contributed by atoms with Crippen LogP contribution in [-0.2, 0) is 22.9 Å². The van der Waals surface area contributed by atoms with Crippen LogP contribution in [-0.4, -0.2) is 38.8 Å². The fourth-order valence-corrected chi connectivity index (χ4v) is 9.33. The lowest BCUT2D eigenvalue weighted by molar-refractivity contribution is 0.0883. The highest BCUT2D eigenvalue weighted by Crippen LogP contribution is 2.52. The Morgan fingerprint density at radius 2 is 1.19 bits per heavy atom. The number of carbonyl (C=O) groups is 1. The topological polar surface area (TPSA) is 70.2 Å². The van der Waals surface area contributed by atoms with Gasteiger partial charge in [0.1, 0.15) is 11.5 Å². The summed E-state index contributed by atoms with van der Waals surface area (Å²) >= 11 is 6.05. The van der Waals surface area contributed by atoms with Crippen molar-refractivity contribution in [1.82, 2.24) is 4.31 Å². The third kappa shape index (κ3) is 5.33. The van der Waals surface area contributed by atoms with E-state index in [0.717, 1.165) is 52.7 Å². The lowest BCUT2D eigenvalue weighted by Crippen LogP contribution is -2.34. The molecule has 9 heteroatoms. The molecule has 0 N–H and O–H groups in total. The van der Waals surface area contributed by atoms with E-state index < -0.39 is 21.8 Å². The third-order valence-corrected chi connectivity index (χ3v) is 12.5. The number of benzene rings is 6. The molecule has 3 aliphatic rings. The quantitative estimate of drug-likeness (QED) is 0.170. The van der Waals surface area contributed by atoms with E-state index in [2.05, 4.69) is 94.7 Å². The molecule has 0 aromatic heterocycles. The maximum atomic E-state index is 14.4. The van der Waals surface area contributed by atoms with Gasteiger partial charge in [-0.15, -0.1) is 0 Å². The minimum atomic E-state index is -4.30. The van der Waals surface area contributed by atoms with Crippen molar-refractivity contribution in [2.75, 3.05) is 29.9 Å². The smallest absolute Gasteiger partial charge is 0.267 e. The molecular formula is C43H34ClN3O4S. The first kappa shape index (κ1) is 32.3. The first-order valence-corrected chi connectivity index (χ1v) is 19.1. The average Bonchev–Trinajstić information content (AvgIpc) is 3.81. The zero-order valence-corrected chi connectivity index (χ0v) is 29.9. The Labute approximate surface area is 308 Å². The maximum absolute atomic E-state index is 14.4. The Hall–Kier alpha value is -5.57. The molecule has 0 bridgehead atoms. The number of ether oxygens (including phenoxy) is 1. The molecule has 9 rings (SSSR count). The van der Waals surface area contributed by atoms with Crippen molar-refractivity contribution in [3.63, 3.8) is 0 Å². The van der Waals surface area contributed by atoms with Crippen molar-refractivity contribution < 1.29 is 17.9 Å². The summed E-state index contributed by atoms with van der Waals surface area (Å²) in [6.07, 6.45) is 1.90. The normalized spacial score (nSPS) is 14.7. The van der Waals surface area contributed by atoms with Crippen LogP contribution in [0.4, 0.5) is 22.7 Å².